The van der Waals surface area contributed by atoms with E-state index < -0.39 is 4.92 Å². The third-order valence-electron chi connectivity index (χ3n) is 2.83. The first kappa shape index (κ1) is 15.6. The highest BCUT2D eigenvalue weighted by molar-refractivity contribution is 6.33. The molecule has 0 saturated heterocycles. The topological polar surface area (TPSA) is 78.4 Å². The van der Waals surface area contributed by atoms with Crippen LogP contribution in [0.2, 0.25) is 10.0 Å². The Morgan fingerprint density at radius 1 is 1.19 bits per heavy atom. The largest absolute Gasteiger partial charge is 0.456 e. The number of hydrogen-bond acceptors (Lipinski definition) is 4. The summed E-state index contributed by atoms with van der Waals surface area (Å²) >= 11 is 11.9. The van der Waals surface area contributed by atoms with Crippen molar-refractivity contribution in [3.8, 4) is 11.5 Å². The molecule has 0 saturated carbocycles. The second-order valence-electron chi connectivity index (χ2n) is 4.45. The van der Waals surface area contributed by atoms with E-state index in [9.17, 15) is 10.1 Å². The van der Waals surface area contributed by atoms with Gasteiger partial charge in [-0.1, -0.05) is 29.3 Å². The van der Waals surface area contributed by atoms with Crippen molar-refractivity contribution in [3.05, 3.63) is 62.1 Å². The summed E-state index contributed by atoms with van der Waals surface area (Å²) in [5.74, 6) is 0.784. The van der Waals surface area contributed by atoms with E-state index in [1.165, 1.54) is 18.2 Å². The summed E-state index contributed by atoms with van der Waals surface area (Å²) in [6.07, 6.45) is 0. The fourth-order valence-electron chi connectivity index (χ4n) is 1.71. The molecule has 0 heterocycles. The predicted molar refractivity (Wildman–Crippen MR) is 82.2 cm³/mol. The molecule has 0 aliphatic rings. The summed E-state index contributed by atoms with van der Waals surface area (Å²) in [4.78, 5) is 10.1. The fraction of sp³-hybridized carbons (Fsp3) is 0.143. The highest BCUT2D eigenvalue weighted by Crippen LogP contribution is 2.34. The number of hydrogen-bond donors (Lipinski definition) is 1. The van der Waals surface area contributed by atoms with E-state index in [4.69, 9.17) is 33.7 Å². The van der Waals surface area contributed by atoms with Crippen LogP contribution in [0, 0.1) is 10.1 Å². The minimum Gasteiger partial charge on any atom is -0.456 e. The average Bonchev–Trinajstić information content (AvgIpc) is 2.40. The van der Waals surface area contributed by atoms with E-state index in [0.29, 0.717) is 16.5 Å². The third kappa shape index (κ3) is 3.64. The minimum atomic E-state index is -0.559. The van der Waals surface area contributed by atoms with Crippen molar-refractivity contribution < 1.29 is 9.66 Å². The second kappa shape index (κ2) is 6.30. The third-order valence-corrected chi connectivity index (χ3v) is 3.42. The van der Waals surface area contributed by atoms with Crippen LogP contribution in [0.15, 0.2) is 36.4 Å². The van der Waals surface area contributed by atoms with Crippen molar-refractivity contribution in [1.29, 1.82) is 0 Å². The van der Waals surface area contributed by atoms with E-state index in [1.54, 1.807) is 18.2 Å². The molecule has 2 aromatic carbocycles. The van der Waals surface area contributed by atoms with Crippen molar-refractivity contribution in [2.45, 2.75) is 13.0 Å². The first-order chi connectivity index (χ1) is 9.88. The molecule has 0 aliphatic heterocycles. The second-order valence-corrected chi connectivity index (χ2v) is 5.27. The Morgan fingerprint density at radius 2 is 1.90 bits per heavy atom. The molecule has 0 amide bonds. The number of halogens is 2. The van der Waals surface area contributed by atoms with Gasteiger partial charge in [-0.05, 0) is 30.7 Å². The molecule has 0 radical (unpaired) electrons. The normalized spacial score (nSPS) is 12.0. The Hall–Kier alpha value is -1.82. The highest BCUT2D eigenvalue weighted by atomic mass is 35.5. The Morgan fingerprint density at radius 3 is 2.43 bits per heavy atom. The molecule has 0 bridgehead atoms. The molecule has 1 atom stereocenters. The summed E-state index contributed by atoms with van der Waals surface area (Å²) in [5.41, 5.74) is 6.47. The number of ether oxygens (including phenoxy) is 1. The average molecular weight is 327 g/mol. The number of benzene rings is 2. The van der Waals surface area contributed by atoms with E-state index in [2.05, 4.69) is 0 Å². The van der Waals surface area contributed by atoms with Crippen molar-refractivity contribution in [3.63, 3.8) is 0 Å². The van der Waals surface area contributed by atoms with Gasteiger partial charge in [-0.25, -0.2) is 0 Å². The summed E-state index contributed by atoms with van der Waals surface area (Å²) < 4.78 is 5.58. The number of nitro groups is 1. The maximum Gasteiger partial charge on any atom is 0.288 e. The van der Waals surface area contributed by atoms with Crippen LogP contribution in [0.25, 0.3) is 0 Å². The zero-order valence-electron chi connectivity index (χ0n) is 11.0. The zero-order valence-corrected chi connectivity index (χ0v) is 12.6. The van der Waals surface area contributed by atoms with Gasteiger partial charge in [-0.15, -0.1) is 0 Å². The molecule has 0 unspecified atom stereocenters. The van der Waals surface area contributed by atoms with Gasteiger partial charge < -0.3 is 10.5 Å². The molecule has 2 N–H and O–H groups in total. The maximum absolute atomic E-state index is 10.7. The Kier molecular flexibility index (Phi) is 4.67. The van der Waals surface area contributed by atoms with Crippen molar-refractivity contribution in [1.82, 2.24) is 0 Å². The minimum absolute atomic E-state index is 0.000762. The molecule has 0 fully saturated rings. The van der Waals surface area contributed by atoms with Crippen LogP contribution in [0.3, 0.4) is 0 Å². The van der Waals surface area contributed by atoms with E-state index in [0.717, 1.165) is 5.56 Å². The van der Waals surface area contributed by atoms with Crippen LogP contribution < -0.4 is 10.5 Å². The van der Waals surface area contributed by atoms with Gasteiger partial charge >= 0.3 is 0 Å². The number of nitrogens with zero attached hydrogens (tertiary/aromatic N) is 1. The maximum atomic E-state index is 10.7. The summed E-state index contributed by atoms with van der Waals surface area (Å²) in [5, 5.41) is 11.1. The molecule has 110 valence electrons. The highest BCUT2D eigenvalue weighted by Gasteiger charge is 2.14. The van der Waals surface area contributed by atoms with Gasteiger partial charge in [0.1, 0.15) is 16.5 Å². The number of nitro benzene ring substituents is 1. The van der Waals surface area contributed by atoms with Crippen LogP contribution in [0.5, 0.6) is 11.5 Å². The molecule has 2 aromatic rings. The van der Waals surface area contributed by atoms with Gasteiger partial charge in [0.2, 0.25) is 0 Å². The van der Waals surface area contributed by atoms with Gasteiger partial charge in [0, 0.05) is 18.2 Å². The van der Waals surface area contributed by atoms with Crippen molar-refractivity contribution >= 4 is 28.9 Å². The van der Waals surface area contributed by atoms with Gasteiger partial charge in [-0.3, -0.25) is 10.1 Å². The molecule has 2 rings (SSSR count). The van der Waals surface area contributed by atoms with Gasteiger partial charge in [0.15, 0.2) is 0 Å². The molecule has 5 nitrogen and oxygen atoms in total. The molecule has 7 heteroatoms. The predicted octanol–water partition coefficient (Wildman–Crippen LogP) is 4.71. The molecule has 0 spiro atoms. The summed E-state index contributed by atoms with van der Waals surface area (Å²) in [6.45, 7) is 1.85. The Bertz CT molecular complexity index is 690. The fourth-order valence-corrected chi connectivity index (χ4v) is 2.18. The van der Waals surface area contributed by atoms with Crippen molar-refractivity contribution in [2.24, 2.45) is 5.73 Å². The Labute approximate surface area is 131 Å². The van der Waals surface area contributed by atoms with Gasteiger partial charge in [0.05, 0.1) is 9.95 Å². The van der Waals surface area contributed by atoms with Gasteiger partial charge in [0.25, 0.3) is 5.69 Å². The lowest BCUT2D eigenvalue weighted by Crippen LogP contribution is -2.04. The SMILES string of the molecule is C[C@H](N)c1ccc(Oc2ccc([N+](=O)[O-])c(Cl)c2)c(Cl)c1. The van der Waals surface area contributed by atoms with Crippen molar-refractivity contribution in [2.75, 3.05) is 0 Å². The summed E-state index contributed by atoms with van der Waals surface area (Å²) in [6, 6.07) is 9.19. The van der Waals surface area contributed by atoms with E-state index in [1.807, 2.05) is 6.92 Å². The molecule has 0 aliphatic carbocycles. The van der Waals surface area contributed by atoms with Crippen LogP contribution in [0.4, 0.5) is 5.69 Å². The first-order valence-electron chi connectivity index (χ1n) is 6.05. The summed E-state index contributed by atoms with van der Waals surface area (Å²) in [7, 11) is 0. The van der Waals surface area contributed by atoms with Gasteiger partial charge in [-0.2, -0.15) is 0 Å². The van der Waals surface area contributed by atoms with Crippen LogP contribution in [0.1, 0.15) is 18.5 Å². The Balaban J connectivity index is 2.26. The lowest BCUT2D eigenvalue weighted by atomic mass is 10.1. The smallest absolute Gasteiger partial charge is 0.288 e. The molecule has 21 heavy (non-hydrogen) atoms. The monoisotopic (exact) mass is 326 g/mol. The molecular formula is C14H12Cl2N2O3. The zero-order chi connectivity index (χ0) is 15.6. The first-order valence-corrected chi connectivity index (χ1v) is 6.81. The van der Waals surface area contributed by atoms with Crippen LogP contribution in [-0.2, 0) is 0 Å². The number of rotatable bonds is 4. The van der Waals surface area contributed by atoms with E-state index >= 15 is 0 Å². The lowest BCUT2D eigenvalue weighted by molar-refractivity contribution is -0.384. The van der Waals surface area contributed by atoms with Crippen LogP contribution >= 0.6 is 23.2 Å². The lowest BCUT2D eigenvalue weighted by Gasteiger charge is -2.11. The van der Waals surface area contributed by atoms with Crippen LogP contribution in [-0.4, -0.2) is 4.92 Å². The standard InChI is InChI=1S/C14H12Cl2N2O3/c1-8(17)9-2-5-14(12(16)6-9)21-10-3-4-13(18(19)20)11(15)7-10/h2-8H,17H2,1H3/t8-/m0/s1. The number of nitrogens with two attached hydrogens (primary N) is 1. The molecule has 0 aromatic heterocycles. The molecular weight excluding hydrogens is 315 g/mol. The quantitative estimate of drug-likeness (QED) is 0.651. The van der Waals surface area contributed by atoms with E-state index in [-0.39, 0.29) is 16.8 Å².